The molecule has 0 aromatic carbocycles. The Labute approximate surface area is 559 Å². The van der Waals surface area contributed by atoms with Crippen LogP contribution in [-0.4, -0.2) is 140 Å². The molecule has 0 bridgehead atoms. The molecule has 14 heteroatoms. The number of carbonyl (C=O) groups excluding carboxylic acids is 1. The molecule has 0 radical (unpaired) electrons. The molecule has 14 nitrogen and oxygen atoms in total. The molecule has 9 N–H and O–H groups in total. The molecule has 0 aromatic heterocycles. The summed E-state index contributed by atoms with van der Waals surface area (Å²) in [6.07, 6.45) is 71.5. The number of nitrogens with one attached hydrogen (secondary N) is 1. The van der Waals surface area contributed by atoms with Crippen LogP contribution in [0, 0.1) is 0 Å². The Morgan fingerprint density at radius 1 is 0.402 bits per heavy atom. The van der Waals surface area contributed by atoms with Crippen LogP contribution in [0.5, 0.6) is 0 Å². The standard InChI is InChI=1S/C78H135NO13/c1-3-5-7-9-11-13-15-17-19-21-23-25-27-29-31-33-35-37-39-41-43-45-47-49-51-53-55-57-59-61-67(82)66(65-89-77-75(88)73(86)76(69(64-81)91-77)92-78-74(87)72(85)71(84)68(63-80)90-78)79-70(83)62-60-58-56-54-52-50-48-46-44-42-40-38-36-34-32-30-28-26-24-22-20-18-16-14-12-10-8-6-4-2/h6,8,12,14,18,20,24,26,30,32,36,38,42,44,51,53,59,61,66-69,71-78,80-82,84-88H,3-5,7,9-11,13,15-17,19,21-23,25,27-29,31,33-35,37,39-41,43,45-50,52,54-58,60,62-65H2,1-2H3,(H,79,83)/b8-6-,14-12-,20-18-,26-24-,32-30-,38-36-,44-42-,53-51+,61-59+. The highest BCUT2D eigenvalue weighted by Crippen LogP contribution is 2.30. The van der Waals surface area contributed by atoms with E-state index in [9.17, 15) is 45.6 Å². The van der Waals surface area contributed by atoms with Crippen LogP contribution < -0.4 is 5.32 Å². The van der Waals surface area contributed by atoms with Gasteiger partial charge in [0.2, 0.25) is 5.91 Å². The molecular formula is C78H135NO13. The van der Waals surface area contributed by atoms with E-state index in [0.29, 0.717) is 12.8 Å². The lowest BCUT2D eigenvalue weighted by Gasteiger charge is -2.46. The number of ether oxygens (including phenoxy) is 4. The summed E-state index contributed by atoms with van der Waals surface area (Å²) < 4.78 is 22.9. The Hall–Kier alpha value is -3.35. The van der Waals surface area contributed by atoms with Crippen LogP contribution in [0.25, 0.3) is 0 Å². The van der Waals surface area contributed by atoms with Crippen molar-refractivity contribution in [2.24, 2.45) is 0 Å². The molecule has 2 heterocycles. The summed E-state index contributed by atoms with van der Waals surface area (Å²) in [6.45, 7) is 2.68. The lowest BCUT2D eigenvalue weighted by Crippen LogP contribution is -2.65. The summed E-state index contributed by atoms with van der Waals surface area (Å²) in [7, 11) is 0. The fourth-order valence-corrected chi connectivity index (χ4v) is 11.6. The first-order valence-corrected chi connectivity index (χ1v) is 37.1. The second-order valence-electron chi connectivity index (χ2n) is 25.7. The number of aliphatic hydroxyl groups excluding tert-OH is 8. The van der Waals surface area contributed by atoms with E-state index in [4.69, 9.17) is 18.9 Å². The highest BCUT2D eigenvalue weighted by Gasteiger charge is 2.51. The molecule has 2 rings (SSSR count). The number of amides is 1. The third kappa shape index (κ3) is 44.4. The van der Waals surface area contributed by atoms with Crippen LogP contribution >= 0.6 is 0 Å². The van der Waals surface area contributed by atoms with Crippen LogP contribution in [0.3, 0.4) is 0 Å². The van der Waals surface area contributed by atoms with Gasteiger partial charge in [0.1, 0.15) is 48.8 Å². The van der Waals surface area contributed by atoms with Crippen LogP contribution in [0.4, 0.5) is 0 Å². The first kappa shape index (κ1) is 84.7. The van der Waals surface area contributed by atoms with E-state index in [1.54, 1.807) is 6.08 Å². The minimum Gasteiger partial charge on any atom is -0.394 e. The second kappa shape index (κ2) is 61.3. The summed E-state index contributed by atoms with van der Waals surface area (Å²) in [5, 5.41) is 87.5. The molecule has 0 saturated carbocycles. The Kier molecular flexibility index (Phi) is 56.4. The number of allylic oxidation sites excluding steroid dienone is 17. The SMILES string of the molecule is CC/C=C\C/C=C\C/C=C\C/C=C\C/C=C\C/C=C\C/C=C\CCCCCCCCCC(=O)NC(COC1OC(CO)C(OC2OC(CO)C(O)C(O)C2O)C(O)C1O)C(O)/C=C/CC/C=C/CCCCCCCCCCCCCCCCCCCCCCCCC. The largest absolute Gasteiger partial charge is 0.394 e. The normalized spacial score (nSPS) is 23.3. The second-order valence-corrected chi connectivity index (χ2v) is 25.7. The van der Waals surface area contributed by atoms with Gasteiger partial charge in [-0.3, -0.25) is 4.79 Å². The molecule has 530 valence electrons. The minimum absolute atomic E-state index is 0.254. The molecule has 92 heavy (non-hydrogen) atoms. The third-order valence-corrected chi connectivity index (χ3v) is 17.4. The van der Waals surface area contributed by atoms with Gasteiger partial charge in [-0.1, -0.05) is 297 Å². The van der Waals surface area contributed by atoms with Crippen molar-refractivity contribution in [1.29, 1.82) is 0 Å². The summed E-state index contributed by atoms with van der Waals surface area (Å²) >= 11 is 0. The zero-order valence-corrected chi connectivity index (χ0v) is 57.8. The Balaban J connectivity index is 1.69. The van der Waals surface area contributed by atoms with Gasteiger partial charge >= 0.3 is 0 Å². The number of aliphatic hydroxyl groups is 8. The molecule has 2 aliphatic heterocycles. The molecule has 12 unspecified atom stereocenters. The summed E-state index contributed by atoms with van der Waals surface area (Å²) in [5.41, 5.74) is 0. The Morgan fingerprint density at radius 3 is 1.20 bits per heavy atom. The minimum atomic E-state index is -1.80. The van der Waals surface area contributed by atoms with Gasteiger partial charge in [-0.15, -0.1) is 0 Å². The molecule has 0 spiro atoms. The monoisotopic (exact) mass is 1290 g/mol. The number of unbranched alkanes of at least 4 members (excludes halogenated alkanes) is 31. The lowest BCUT2D eigenvalue weighted by atomic mass is 9.97. The van der Waals surface area contributed by atoms with Gasteiger partial charge < -0.3 is 65.1 Å². The number of hydrogen-bond acceptors (Lipinski definition) is 13. The molecule has 2 aliphatic rings. The summed E-state index contributed by atoms with van der Waals surface area (Å²) in [6, 6.07) is -0.948. The summed E-state index contributed by atoms with van der Waals surface area (Å²) in [4.78, 5) is 13.3. The zero-order chi connectivity index (χ0) is 66.6. The Bertz CT molecular complexity index is 1960. The van der Waals surface area contributed by atoms with Gasteiger partial charge in [0.25, 0.3) is 0 Å². The highest BCUT2D eigenvalue weighted by atomic mass is 16.7. The fourth-order valence-electron chi connectivity index (χ4n) is 11.6. The molecular weight excluding hydrogens is 1160 g/mol. The van der Waals surface area contributed by atoms with Gasteiger partial charge in [0, 0.05) is 6.42 Å². The predicted molar refractivity (Wildman–Crippen MR) is 378 cm³/mol. The van der Waals surface area contributed by atoms with Crippen molar-refractivity contribution in [2.75, 3.05) is 19.8 Å². The van der Waals surface area contributed by atoms with Gasteiger partial charge in [-0.25, -0.2) is 0 Å². The van der Waals surface area contributed by atoms with Crippen LogP contribution in [0.2, 0.25) is 0 Å². The zero-order valence-electron chi connectivity index (χ0n) is 57.8. The number of carbonyl (C=O) groups is 1. The van der Waals surface area contributed by atoms with Gasteiger partial charge in [-0.05, 0) is 89.9 Å². The fraction of sp³-hybridized carbons (Fsp3) is 0.756. The van der Waals surface area contributed by atoms with Crippen molar-refractivity contribution >= 4 is 5.91 Å². The maximum absolute atomic E-state index is 13.3. The van der Waals surface area contributed by atoms with E-state index in [2.05, 4.69) is 116 Å². The van der Waals surface area contributed by atoms with Crippen molar-refractivity contribution < 1.29 is 64.6 Å². The van der Waals surface area contributed by atoms with E-state index < -0.39 is 86.8 Å². The predicted octanol–water partition coefficient (Wildman–Crippen LogP) is 15.9. The highest BCUT2D eigenvalue weighted by molar-refractivity contribution is 5.76. The van der Waals surface area contributed by atoms with Gasteiger partial charge in [0.15, 0.2) is 12.6 Å². The van der Waals surface area contributed by atoms with Gasteiger partial charge in [0.05, 0.1) is 32.0 Å². The molecule has 2 saturated heterocycles. The van der Waals surface area contributed by atoms with Crippen molar-refractivity contribution in [3.8, 4) is 0 Å². The molecule has 1 amide bonds. The summed E-state index contributed by atoms with van der Waals surface area (Å²) in [5.74, 6) is -0.262. The van der Waals surface area contributed by atoms with E-state index in [1.165, 1.54) is 148 Å². The van der Waals surface area contributed by atoms with Crippen LogP contribution in [-0.2, 0) is 23.7 Å². The van der Waals surface area contributed by atoms with Crippen molar-refractivity contribution in [2.45, 2.75) is 357 Å². The van der Waals surface area contributed by atoms with Crippen LogP contribution in [0.15, 0.2) is 109 Å². The van der Waals surface area contributed by atoms with Crippen molar-refractivity contribution in [1.82, 2.24) is 5.32 Å². The Morgan fingerprint density at radius 2 is 0.761 bits per heavy atom. The molecule has 0 aliphatic carbocycles. The topological polar surface area (TPSA) is 228 Å². The van der Waals surface area contributed by atoms with Crippen LogP contribution in [0.1, 0.15) is 284 Å². The first-order valence-electron chi connectivity index (χ1n) is 37.1. The number of hydrogen-bond donors (Lipinski definition) is 9. The van der Waals surface area contributed by atoms with E-state index in [-0.39, 0.29) is 18.9 Å². The average Bonchev–Trinajstić information content (AvgIpc) is 0.836. The smallest absolute Gasteiger partial charge is 0.220 e. The number of rotatable bonds is 60. The quantitative estimate of drug-likeness (QED) is 0.0204. The van der Waals surface area contributed by atoms with Crippen molar-refractivity contribution in [3.05, 3.63) is 109 Å². The third-order valence-electron chi connectivity index (χ3n) is 17.4. The lowest BCUT2D eigenvalue weighted by molar-refractivity contribution is -0.359. The molecule has 12 atom stereocenters. The maximum Gasteiger partial charge on any atom is 0.220 e. The molecule has 0 aromatic rings. The van der Waals surface area contributed by atoms with Gasteiger partial charge in [-0.2, -0.15) is 0 Å². The van der Waals surface area contributed by atoms with E-state index in [0.717, 1.165) is 103 Å². The van der Waals surface area contributed by atoms with E-state index in [1.807, 2.05) is 6.08 Å². The maximum atomic E-state index is 13.3. The van der Waals surface area contributed by atoms with E-state index >= 15 is 0 Å². The average molecular weight is 1290 g/mol. The van der Waals surface area contributed by atoms with Crippen molar-refractivity contribution in [3.63, 3.8) is 0 Å². The molecule has 2 fully saturated rings. The first-order chi connectivity index (χ1) is 45.1.